The fourth-order valence-electron chi connectivity index (χ4n) is 4.12. The summed E-state index contributed by atoms with van der Waals surface area (Å²) >= 11 is 0. The van der Waals surface area contributed by atoms with E-state index in [0.717, 1.165) is 5.56 Å². The van der Waals surface area contributed by atoms with Crippen LogP contribution in [0.1, 0.15) is 61.7 Å². The monoisotopic (exact) mass is 349 g/mol. The molecule has 0 aliphatic heterocycles. The molecular weight excluding hydrogens is 322 g/mol. The van der Waals surface area contributed by atoms with Gasteiger partial charge in [-0.15, -0.1) is 0 Å². The third kappa shape index (κ3) is 2.86. The lowest BCUT2D eigenvalue weighted by Crippen LogP contribution is -2.30. The quantitative estimate of drug-likeness (QED) is 0.547. The van der Waals surface area contributed by atoms with E-state index in [2.05, 4.69) is 57.8 Å². The van der Waals surface area contributed by atoms with Crippen LogP contribution in [-0.4, -0.2) is 19.3 Å². The van der Waals surface area contributed by atoms with Crippen LogP contribution in [0.3, 0.4) is 0 Å². The molecule has 0 radical (unpaired) electrons. The van der Waals surface area contributed by atoms with E-state index in [4.69, 9.17) is 4.74 Å². The Bertz CT molecular complexity index is 878. The highest BCUT2D eigenvalue weighted by atomic mass is 16.5. The topological polar surface area (TPSA) is 38.7 Å². The van der Waals surface area contributed by atoms with Crippen LogP contribution in [0.4, 0.5) is 5.69 Å². The van der Waals surface area contributed by atoms with E-state index in [1.54, 1.807) is 6.07 Å². The first-order valence-corrected chi connectivity index (χ1v) is 9.06. The van der Waals surface area contributed by atoms with Gasteiger partial charge in [0.25, 0.3) is 0 Å². The summed E-state index contributed by atoms with van der Waals surface area (Å²) in [5.74, 6) is 0.181. The summed E-state index contributed by atoms with van der Waals surface area (Å²) in [7, 11) is 1.38. The predicted octanol–water partition coefficient (Wildman–Crippen LogP) is 5.43. The van der Waals surface area contributed by atoms with Crippen molar-refractivity contribution in [2.45, 2.75) is 45.4 Å². The average Bonchev–Trinajstić information content (AvgIpc) is 2.77. The second kappa shape index (κ2) is 6.39. The van der Waals surface area contributed by atoms with Gasteiger partial charge in [-0.05, 0) is 51.6 Å². The molecule has 0 heterocycles. The number of para-hydroxylation sites is 1. The molecule has 2 aromatic carbocycles. The van der Waals surface area contributed by atoms with Crippen molar-refractivity contribution in [3.05, 3.63) is 64.7 Å². The van der Waals surface area contributed by atoms with E-state index in [1.807, 2.05) is 24.4 Å². The molecule has 26 heavy (non-hydrogen) atoms. The van der Waals surface area contributed by atoms with Crippen molar-refractivity contribution in [3.63, 3.8) is 0 Å². The van der Waals surface area contributed by atoms with Gasteiger partial charge in [0.2, 0.25) is 0 Å². The zero-order chi connectivity index (χ0) is 19.1. The van der Waals surface area contributed by atoms with Gasteiger partial charge in [-0.3, -0.25) is 4.99 Å². The summed E-state index contributed by atoms with van der Waals surface area (Å²) < 4.78 is 4.84. The lowest BCUT2D eigenvalue weighted by atomic mass is 9.71. The van der Waals surface area contributed by atoms with Crippen molar-refractivity contribution in [1.82, 2.24) is 0 Å². The molecule has 1 aliphatic carbocycles. The van der Waals surface area contributed by atoms with Crippen molar-refractivity contribution in [1.29, 1.82) is 0 Å². The molecule has 0 saturated heterocycles. The Kier molecular flexibility index (Phi) is 4.51. The number of fused-ring (bicyclic) bond motifs is 1. The largest absolute Gasteiger partial charge is 0.465 e. The van der Waals surface area contributed by atoms with Crippen LogP contribution in [0.2, 0.25) is 0 Å². The number of hydrogen-bond acceptors (Lipinski definition) is 3. The van der Waals surface area contributed by atoms with Crippen LogP contribution < -0.4 is 0 Å². The molecule has 0 N–H and O–H groups in total. The number of aliphatic imine (C=N–C) groups is 1. The molecular formula is C23H27NO2. The smallest absolute Gasteiger partial charge is 0.340 e. The van der Waals surface area contributed by atoms with E-state index < -0.39 is 0 Å². The Hall–Kier alpha value is -2.42. The number of carbonyl (C=O) groups is 1. The molecule has 1 aliphatic rings. The third-order valence-corrected chi connectivity index (χ3v) is 6.26. The molecule has 3 heteroatoms. The Balaban J connectivity index is 1.99. The first-order valence-electron chi connectivity index (χ1n) is 9.06. The van der Waals surface area contributed by atoms with E-state index in [9.17, 15) is 4.79 Å². The minimum absolute atomic E-state index is 0.118. The van der Waals surface area contributed by atoms with Crippen LogP contribution in [-0.2, 0) is 15.6 Å². The summed E-state index contributed by atoms with van der Waals surface area (Å²) in [4.78, 5) is 16.4. The first-order chi connectivity index (χ1) is 12.2. The van der Waals surface area contributed by atoms with Crippen LogP contribution in [0, 0.1) is 5.92 Å². The van der Waals surface area contributed by atoms with Crippen LogP contribution in [0.15, 0.2) is 47.5 Å². The lowest BCUT2D eigenvalue weighted by molar-refractivity contribution is 0.0601. The van der Waals surface area contributed by atoms with Gasteiger partial charge >= 0.3 is 5.97 Å². The molecule has 0 fully saturated rings. The van der Waals surface area contributed by atoms with Gasteiger partial charge in [-0.25, -0.2) is 4.79 Å². The predicted molar refractivity (Wildman–Crippen MR) is 107 cm³/mol. The molecule has 0 saturated carbocycles. The second-order valence-electron chi connectivity index (χ2n) is 8.24. The summed E-state index contributed by atoms with van der Waals surface area (Å²) in [6.07, 6.45) is 1.83. The molecule has 0 spiro atoms. The summed E-state index contributed by atoms with van der Waals surface area (Å²) in [5, 5.41) is 0. The maximum absolute atomic E-state index is 11.9. The summed E-state index contributed by atoms with van der Waals surface area (Å²) in [6, 6.07) is 13.8. The number of hydrogen-bond donors (Lipinski definition) is 0. The van der Waals surface area contributed by atoms with Crippen molar-refractivity contribution >= 4 is 17.9 Å². The number of esters is 1. The Morgan fingerprint density at radius 3 is 2.38 bits per heavy atom. The highest BCUT2D eigenvalue weighted by molar-refractivity contribution is 5.96. The molecule has 3 nitrogen and oxygen atoms in total. The van der Waals surface area contributed by atoms with Gasteiger partial charge < -0.3 is 4.74 Å². The van der Waals surface area contributed by atoms with Crippen molar-refractivity contribution < 1.29 is 9.53 Å². The van der Waals surface area contributed by atoms with E-state index >= 15 is 0 Å². The van der Waals surface area contributed by atoms with Gasteiger partial charge in [0.05, 0.1) is 18.4 Å². The standard InChI is InChI=1S/C23H27NO2/c1-15-22(2,3)18-12-11-16(13-19(18)23(15,4)5)14-24-20-10-8-7-9-17(20)21(25)26-6/h7-15H,1-6H3. The normalized spacial score (nSPS) is 20.2. The van der Waals surface area contributed by atoms with Gasteiger partial charge in [-0.1, -0.05) is 58.9 Å². The number of carbonyl (C=O) groups excluding carboxylic acids is 1. The Morgan fingerprint density at radius 2 is 1.69 bits per heavy atom. The number of methoxy groups -OCH3 is 1. The molecule has 0 aromatic heterocycles. The van der Waals surface area contributed by atoms with Crippen molar-refractivity contribution in [2.75, 3.05) is 7.11 Å². The van der Waals surface area contributed by atoms with Gasteiger partial charge in [0.1, 0.15) is 0 Å². The van der Waals surface area contributed by atoms with Gasteiger partial charge in [0, 0.05) is 6.21 Å². The molecule has 0 amide bonds. The van der Waals surface area contributed by atoms with Crippen molar-refractivity contribution in [3.8, 4) is 0 Å². The van der Waals surface area contributed by atoms with E-state index in [-0.39, 0.29) is 16.8 Å². The first kappa shape index (κ1) is 18.4. The van der Waals surface area contributed by atoms with Crippen LogP contribution >= 0.6 is 0 Å². The minimum atomic E-state index is -0.372. The Morgan fingerprint density at radius 1 is 1.04 bits per heavy atom. The zero-order valence-electron chi connectivity index (χ0n) is 16.5. The maximum atomic E-state index is 11.9. The maximum Gasteiger partial charge on any atom is 0.340 e. The Labute approximate surface area is 156 Å². The molecule has 0 bridgehead atoms. The zero-order valence-corrected chi connectivity index (χ0v) is 16.5. The van der Waals surface area contributed by atoms with Gasteiger partial charge in [0.15, 0.2) is 0 Å². The fourth-order valence-corrected chi connectivity index (χ4v) is 4.12. The van der Waals surface area contributed by atoms with Crippen LogP contribution in [0.25, 0.3) is 0 Å². The molecule has 2 aromatic rings. The third-order valence-electron chi connectivity index (χ3n) is 6.26. The fraction of sp³-hybridized carbons (Fsp3) is 0.391. The van der Waals surface area contributed by atoms with Gasteiger partial charge in [-0.2, -0.15) is 0 Å². The van der Waals surface area contributed by atoms with Crippen molar-refractivity contribution in [2.24, 2.45) is 10.9 Å². The molecule has 136 valence electrons. The van der Waals surface area contributed by atoms with E-state index in [1.165, 1.54) is 18.2 Å². The summed E-state index contributed by atoms with van der Waals surface area (Å²) in [5.41, 5.74) is 5.22. The highest BCUT2D eigenvalue weighted by Crippen LogP contribution is 2.53. The number of benzene rings is 2. The number of ether oxygens (including phenoxy) is 1. The summed E-state index contributed by atoms with van der Waals surface area (Å²) in [6.45, 7) is 11.6. The molecule has 1 unspecified atom stereocenters. The number of nitrogens with zero attached hydrogens (tertiary/aromatic N) is 1. The molecule has 1 atom stereocenters. The lowest BCUT2D eigenvalue weighted by Gasteiger charge is -2.32. The van der Waals surface area contributed by atoms with Crippen LogP contribution in [0.5, 0.6) is 0 Å². The minimum Gasteiger partial charge on any atom is -0.465 e. The number of rotatable bonds is 3. The second-order valence-corrected chi connectivity index (χ2v) is 8.24. The molecule has 3 rings (SSSR count). The average molecular weight is 349 g/mol. The highest BCUT2D eigenvalue weighted by Gasteiger charge is 2.48. The van der Waals surface area contributed by atoms with E-state index in [0.29, 0.717) is 17.2 Å². The SMILES string of the molecule is COC(=O)c1ccccc1N=Cc1ccc2c(c1)C(C)(C)C(C)C2(C)C.